The first-order chi connectivity index (χ1) is 6.59. The molecular weight excluding hydrogens is 190 g/mol. The molecule has 0 bridgehead atoms. The fourth-order valence-corrected chi connectivity index (χ4v) is 0.979. The van der Waals surface area contributed by atoms with E-state index in [0.717, 1.165) is 18.7 Å². The lowest BCUT2D eigenvalue weighted by Gasteiger charge is -2.15. The highest BCUT2D eigenvalue weighted by molar-refractivity contribution is 5.80. The molecule has 8 heteroatoms. The van der Waals surface area contributed by atoms with E-state index >= 15 is 0 Å². The molecule has 2 aliphatic rings. The molecule has 0 radical (unpaired) electrons. The third-order valence-electron chi connectivity index (χ3n) is 1.74. The van der Waals surface area contributed by atoms with Crippen LogP contribution in [0.4, 0.5) is 0 Å². The summed E-state index contributed by atoms with van der Waals surface area (Å²) in [7, 11) is 0. The zero-order valence-electron chi connectivity index (χ0n) is 7.25. The fourth-order valence-electron chi connectivity index (χ4n) is 0.979. The molecule has 0 saturated heterocycles. The molecule has 1 aliphatic carbocycles. The Balaban J connectivity index is 0.000000213. The minimum atomic E-state index is -1.50. The molecule has 0 aromatic rings. The largest absolute Gasteiger partial charge is 0.366 e. The Hall–Kier alpha value is -1.99. The summed E-state index contributed by atoms with van der Waals surface area (Å²) in [5.41, 5.74) is 6.59. The summed E-state index contributed by atoms with van der Waals surface area (Å²) in [5, 5.41) is 21.1. The molecule has 3 N–H and O–H groups in total. The Kier molecular flexibility index (Phi) is 3.10. The van der Waals surface area contributed by atoms with Gasteiger partial charge in [0.1, 0.15) is 0 Å². The molecule has 1 aliphatic heterocycles. The van der Waals surface area contributed by atoms with Gasteiger partial charge in [-0.3, -0.25) is 0 Å². The first-order valence-electron chi connectivity index (χ1n) is 3.91. The lowest BCUT2D eigenvalue weighted by Crippen LogP contribution is -2.04. The van der Waals surface area contributed by atoms with E-state index in [0.29, 0.717) is 0 Å². The predicted molar refractivity (Wildman–Crippen MR) is 46.1 cm³/mol. The third-order valence-corrected chi connectivity index (χ3v) is 1.74. The van der Waals surface area contributed by atoms with Gasteiger partial charge in [-0.15, -0.1) is 20.3 Å². The number of hydrogen-bond acceptors (Lipinski definition) is 6. The highest BCUT2D eigenvalue weighted by Gasteiger charge is 2.16. The first kappa shape index (κ1) is 10.1. The normalized spacial score (nSPS) is 18.1. The van der Waals surface area contributed by atoms with E-state index in [1.807, 2.05) is 0 Å². The van der Waals surface area contributed by atoms with Crippen molar-refractivity contribution in [2.24, 2.45) is 21.0 Å². The molecule has 2 rings (SSSR count). The topological polar surface area (TPSA) is 126 Å². The summed E-state index contributed by atoms with van der Waals surface area (Å²) in [6, 6.07) is 0. The average Bonchev–Trinajstić information content (AvgIpc) is 2.30. The van der Waals surface area contributed by atoms with Crippen LogP contribution in [0.25, 0.3) is 0 Å². The van der Waals surface area contributed by atoms with Gasteiger partial charge in [-0.2, -0.15) is 4.99 Å². The fraction of sp³-hybridized carbons (Fsp3) is 0.500. The lowest BCUT2D eigenvalue weighted by atomic mass is 9.92. The van der Waals surface area contributed by atoms with Gasteiger partial charge in [0.05, 0.1) is 0 Å². The minimum Gasteiger partial charge on any atom is -0.366 e. The van der Waals surface area contributed by atoms with Gasteiger partial charge in [0.25, 0.3) is 5.09 Å². The molecule has 0 atom stereocenters. The molecule has 1 fully saturated rings. The Bertz CT molecular complexity index is 322. The Morgan fingerprint density at radius 3 is 2.29 bits per heavy atom. The predicted octanol–water partition coefficient (Wildman–Crippen LogP) is 0.815. The number of hydrogen-bond donors (Lipinski definition) is 2. The molecule has 0 spiro atoms. The second kappa shape index (κ2) is 4.30. The van der Waals surface area contributed by atoms with Gasteiger partial charge >= 0.3 is 0 Å². The van der Waals surface area contributed by atoms with Crippen molar-refractivity contribution in [1.82, 2.24) is 0 Å². The van der Waals surface area contributed by atoms with E-state index < -0.39 is 5.09 Å². The third kappa shape index (κ3) is 2.81. The van der Waals surface area contributed by atoms with Crippen LogP contribution in [0.5, 0.6) is 0 Å². The highest BCUT2D eigenvalue weighted by atomic mass is 16.9. The number of guanidine groups is 1. The Morgan fingerprint density at radius 1 is 1.43 bits per heavy atom. The summed E-state index contributed by atoms with van der Waals surface area (Å²) in [5.74, 6) is 1.04. The molecule has 0 aromatic heterocycles. The summed E-state index contributed by atoms with van der Waals surface area (Å²) in [6.45, 7) is 0. The van der Waals surface area contributed by atoms with Crippen LogP contribution in [-0.4, -0.2) is 16.3 Å². The summed E-state index contributed by atoms with van der Waals surface area (Å²) >= 11 is 0. The lowest BCUT2D eigenvalue weighted by molar-refractivity contribution is -0.742. The monoisotopic (exact) mass is 199 g/mol. The van der Waals surface area contributed by atoms with Crippen LogP contribution >= 0.6 is 0 Å². The van der Waals surface area contributed by atoms with Gasteiger partial charge in [0, 0.05) is 0 Å². The van der Waals surface area contributed by atoms with Gasteiger partial charge in [-0.1, -0.05) is 0 Å². The van der Waals surface area contributed by atoms with Gasteiger partial charge in [0.15, 0.2) is 5.82 Å². The number of rotatable bonds is 0. The van der Waals surface area contributed by atoms with Crippen molar-refractivity contribution in [3.05, 3.63) is 21.5 Å². The van der Waals surface area contributed by atoms with E-state index in [-0.39, 0.29) is 5.96 Å². The molecule has 1 heterocycles. The number of nitrogens with two attached hydrogens (primary N) is 1. The van der Waals surface area contributed by atoms with Crippen LogP contribution in [0.1, 0.15) is 19.3 Å². The Morgan fingerprint density at radius 2 is 2.00 bits per heavy atom. The smallest absolute Gasteiger partial charge is 0.291 e. The van der Waals surface area contributed by atoms with E-state index in [2.05, 4.69) is 15.2 Å². The van der Waals surface area contributed by atoms with Crippen molar-refractivity contribution >= 4 is 5.96 Å². The zero-order valence-corrected chi connectivity index (χ0v) is 7.25. The van der Waals surface area contributed by atoms with Crippen LogP contribution in [0.3, 0.4) is 0 Å². The van der Waals surface area contributed by atoms with Crippen molar-refractivity contribution in [3.8, 4) is 0 Å². The van der Waals surface area contributed by atoms with Crippen LogP contribution < -0.4 is 5.73 Å². The molecule has 8 nitrogen and oxygen atoms in total. The standard InChI is InChI=1S/C6H8N4.HNO3/c7-6-8-5(9-10-6)4-2-1-3-4;2-1(3)4/h1-3H2,(H2,7,8);(H,2,3,4). The maximum absolute atomic E-state index is 8.36. The van der Waals surface area contributed by atoms with Gasteiger partial charge in [0.2, 0.25) is 5.96 Å². The van der Waals surface area contributed by atoms with Crippen molar-refractivity contribution in [1.29, 1.82) is 0 Å². The SMILES string of the molecule is NC1=NC(=C2CCC2)N=N1.O=[N+]([O-])O. The molecule has 0 amide bonds. The van der Waals surface area contributed by atoms with Crippen molar-refractivity contribution in [3.63, 3.8) is 0 Å². The van der Waals surface area contributed by atoms with Crippen molar-refractivity contribution in [2.75, 3.05) is 0 Å². The van der Waals surface area contributed by atoms with Crippen LogP contribution in [0.15, 0.2) is 26.6 Å². The van der Waals surface area contributed by atoms with Crippen LogP contribution in [0, 0.1) is 10.1 Å². The van der Waals surface area contributed by atoms with Crippen molar-refractivity contribution in [2.45, 2.75) is 19.3 Å². The molecular formula is C6H9N5O3. The second-order valence-electron chi connectivity index (χ2n) is 2.69. The van der Waals surface area contributed by atoms with E-state index in [1.165, 1.54) is 12.0 Å². The zero-order chi connectivity index (χ0) is 10.6. The quantitative estimate of drug-likeness (QED) is 0.442. The van der Waals surface area contributed by atoms with Crippen molar-refractivity contribution < 1.29 is 10.3 Å². The number of aliphatic imine (C=N–C) groups is 1. The first-order valence-corrected chi connectivity index (χ1v) is 3.91. The minimum absolute atomic E-state index is 0.286. The second-order valence-corrected chi connectivity index (χ2v) is 2.69. The van der Waals surface area contributed by atoms with Gasteiger partial charge < -0.3 is 10.9 Å². The average molecular weight is 199 g/mol. The van der Waals surface area contributed by atoms with Crippen LogP contribution in [-0.2, 0) is 0 Å². The number of allylic oxidation sites excluding steroid dienone is 1. The van der Waals surface area contributed by atoms with Gasteiger partial charge in [-0.25, -0.2) is 0 Å². The van der Waals surface area contributed by atoms with Crippen LogP contribution in [0.2, 0.25) is 0 Å². The Labute approximate surface area is 79.0 Å². The summed E-state index contributed by atoms with van der Waals surface area (Å²) < 4.78 is 0. The summed E-state index contributed by atoms with van der Waals surface area (Å²) in [4.78, 5) is 12.3. The van der Waals surface area contributed by atoms with E-state index in [9.17, 15) is 0 Å². The molecule has 76 valence electrons. The van der Waals surface area contributed by atoms with E-state index in [1.54, 1.807) is 0 Å². The molecule has 0 aromatic carbocycles. The maximum Gasteiger partial charge on any atom is 0.291 e. The molecule has 14 heavy (non-hydrogen) atoms. The number of azo groups is 1. The maximum atomic E-state index is 8.36. The van der Waals surface area contributed by atoms with E-state index in [4.69, 9.17) is 21.1 Å². The number of nitrogens with zero attached hydrogens (tertiary/aromatic N) is 4. The molecule has 0 unspecified atom stereocenters. The summed E-state index contributed by atoms with van der Waals surface area (Å²) in [6.07, 6.45) is 3.49. The molecule has 1 saturated carbocycles. The van der Waals surface area contributed by atoms with Gasteiger partial charge in [-0.05, 0) is 24.8 Å². The highest BCUT2D eigenvalue weighted by Crippen LogP contribution is 2.30.